The molecule has 0 radical (unpaired) electrons. The SMILES string of the molecule is CC(C)OC(Cc1cccc(C(=N)COCc2cccc(C(F)(F)F)c2)c1)C(=O)O. The summed E-state index contributed by atoms with van der Waals surface area (Å²) < 4.78 is 49.1. The molecule has 0 aliphatic heterocycles. The molecule has 0 saturated carbocycles. The van der Waals surface area contributed by atoms with Crippen LogP contribution in [0.4, 0.5) is 13.2 Å². The molecular weight excluding hydrogens is 399 g/mol. The first-order valence-corrected chi connectivity index (χ1v) is 9.35. The van der Waals surface area contributed by atoms with Crippen molar-refractivity contribution >= 4 is 11.7 Å². The highest BCUT2D eigenvalue weighted by Crippen LogP contribution is 2.29. The Morgan fingerprint density at radius 2 is 1.77 bits per heavy atom. The van der Waals surface area contributed by atoms with Crippen molar-refractivity contribution in [3.05, 3.63) is 70.8 Å². The summed E-state index contributed by atoms with van der Waals surface area (Å²) in [6.07, 6.45) is -5.50. The van der Waals surface area contributed by atoms with Gasteiger partial charge in [-0.2, -0.15) is 13.2 Å². The number of hydrogen-bond acceptors (Lipinski definition) is 4. The molecule has 0 aliphatic rings. The van der Waals surface area contributed by atoms with E-state index in [9.17, 15) is 23.1 Å². The van der Waals surface area contributed by atoms with E-state index in [1.807, 2.05) is 0 Å². The van der Waals surface area contributed by atoms with Gasteiger partial charge in [-0.1, -0.05) is 30.3 Å². The molecule has 0 bridgehead atoms. The van der Waals surface area contributed by atoms with Gasteiger partial charge in [-0.15, -0.1) is 0 Å². The quantitative estimate of drug-likeness (QED) is 0.543. The third-order valence-corrected chi connectivity index (χ3v) is 4.18. The number of alkyl halides is 3. The van der Waals surface area contributed by atoms with Crippen LogP contribution in [0.25, 0.3) is 0 Å². The van der Waals surface area contributed by atoms with Crippen molar-refractivity contribution in [3.63, 3.8) is 0 Å². The average Bonchev–Trinajstić information content (AvgIpc) is 2.67. The topological polar surface area (TPSA) is 79.6 Å². The van der Waals surface area contributed by atoms with Crippen molar-refractivity contribution in [3.8, 4) is 0 Å². The minimum Gasteiger partial charge on any atom is -0.479 e. The van der Waals surface area contributed by atoms with Gasteiger partial charge >= 0.3 is 12.1 Å². The lowest BCUT2D eigenvalue weighted by atomic mass is 10.0. The van der Waals surface area contributed by atoms with E-state index >= 15 is 0 Å². The Hall–Kier alpha value is -2.71. The first-order valence-electron chi connectivity index (χ1n) is 9.35. The van der Waals surface area contributed by atoms with Gasteiger partial charge in [-0.25, -0.2) is 4.79 Å². The van der Waals surface area contributed by atoms with Crippen LogP contribution in [0.1, 0.15) is 36.1 Å². The number of ether oxygens (including phenoxy) is 2. The van der Waals surface area contributed by atoms with Crippen LogP contribution in [0.5, 0.6) is 0 Å². The Morgan fingerprint density at radius 3 is 2.40 bits per heavy atom. The van der Waals surface area contributed by atoms with Gasteiger partial charge < -0.3 is 20.0 Å². The zero-order chi connectivity index (χ0) is 22.3. The van der Waals surface area contributed by atoms with Crippen molar-refractivity contribution in [1.82, 2.24) is 0 Å². The number of halogens is 3. The summed E-state index contributed by atoms with van der Waals surface area (Å²) in [5, 5.41) is 17.5. The zero-order valence-corrected chi connectivity index (χ0v) is 16.7. The molecule has 2 aromatic carbocycles. The highest BCUT2D eigenvalue weighted by molar-refractivity contribution is 5.99. The second-order valence-electron chi connectivity index (χ2n) is 7.09. The van der Waals surface area contributed by atoms with Crippen LogP contribution in [-0.4, -0.2) is 35.6 Å². The molecule has 0 aliphatic carbocycles. The van der Waals surface area contributed by atoms with E-state index < -0.39 is 23.8 Å². The maximum Gasteiger partial charge on any atom is 0.416 e. The van der Waals surface area contributed by atoms with Gasteiger partial charge in [0.2, 0.25) is 0 Å². The summed E-state index contributed by atoms with van der Waals surface area (Å²) in [7, 11) is 0. The molecule has 5 nitrogen and oxygen atoms in total. The summed E-state index contributed by atoms with van der Waals surface area (Å²) >= 11 is 0. The van der Waals surface area contributed by atoms with Crippen LogP contribution in [0.3, 0.4) is 0 Å². The van der Waals surface area contributed by atoms with E-state index in [4.69, 9.17) is 14.9 Å². The molecule has 2 aromatic rings. The minimum atomic E-state index is -4.42. The average molecular weight is 423 g/mol. The summed E-state index contributed by atoms with van der Waals surface area (Å²) in [6.45, 7) is 3.35. The molecule has 162 valence electrons. The highest BCUT2D eigenvalue weighted by Gasteiger charge is 2.30. The molecule has 0 aromatic heterocycles. The van der Waals surface area contributed by atoms with Gasteiger partial charge in [0.1, 0.15) is 0 Å². The van der Waals surface area contributed by atoms with Crippen LogP contribution in [0.15, 0.2) is 48.5 Å². The Bertz CT molecular complexity index is 881. The lowest BCUT2D eigenvalue weighted by Gasteiger charge is -2.17. The molecule has 0 saturated heterocycles. The first-order chi connectivity index (χ1) is 14.1. The molecule has 0 spiro atoms. The lowest BCUT2D eigenvalue weighted by molar-refractivity contribution is -0.153. The number of benzene rings is 2. The van der Waals surface area contributed by atoms with Gasteiger partial charge in [0, 0.05) is 6.42 Å². The van der Waals surface area contributed by atoms with Crippen LogP contribution < -0.4 is 0 Å². The molecule has 2 N–H and O–H groups in total. The third kappa shape index (κ3) is 7.27. The summed E-state index contributed by atoms with van der Waals surface area (Å²) in [5.41, 5.74) is 0.998. The fourth-order valence-electron chi connectivity index (χ4n) is 2.81. The molecule has 1 atom stereocenters. The Labute approximate surface area is 173 Å². The Kier molecular flexibility index (Phi) is 8.14. The molecule has 1 unspecified atom stereocenters. The zero-order valence-electron chi connectivity index (χ0n) is 16.7. The Morgan fingerprint density at radius 1 is 1.10 bits per heavy atom. The first kappa shape index (κ1) is 23.6. The Balaban J connectivity index is 1.96. The number of carboxylic acid groups (broad SMARTS) is 1. The summed E-state index contributed by atoms with van der Waals surface area (Å²) in [6, 6.07) is 11.7. The largest absolute Gasteiger partial charge is 0.479 e. The van der Waals surface area contributed by atoms with Crippen molar-refractivity contribution < 1.29 is 32.5 Å². The van der Waals surface area contributed by atoms with Crippen LogP contribution in [0, 0.1) is 5.41 Å². The number of carbonyl (C=O) groups is 1. The van der Waals surface area contributed by atoms with Crippen LogP contribution >= 0.6 is 0 Å². The second kappa shape index (κ2) is 10.4. The minimum absolute atomic E-state index is 0.0602. The van der Waals surface area contributed by atoms with E-state index in [0.29, 0.717) is 16.7 Å². The van der Waals surface area contributed by atoms with Gasteiger partial charge in [-0.3, -0.25) is 0 Å². The fraction of sp³-hybridized carbons (Fsp3) is 0.364. The highest BCUT2D eigenvalue weighted by atomic mass is 19.4. The normalized spacial score (nSPS) is 12.7. The second-order valence-corrected chi connectivity index (χ2v) is 7.09. The van der Waals surface area contributed by atoms with Gasteiger partial charge in [0.05, 0.1) is 30.6 Å². The van der Waals surface area contributed by atoms with E-state index in [0.717, 1.165) is 12.1 Å². The predicted octanol–water partition coefficient (Wildman–Crippen LogP) is 4.71. The smallest absolute Gasteiger partial charge is 0.416 e. The standard InChI is InChI=1S/C22H24F3NO4/c1-14(2)30-20(21(27)28)11-15-5-3-7-17(9-15)19(26)13-29-12-16-6-4-8-18(10-16)22(23,24)25/h3-10,14,20,26H,11-13H2,1-2H3,(H,27,28). The molecule has 0 fully saturated rings. The third-order valence-electron chi connectivity index (χ3n) is 4.18. The maximum atomic E-state index is 12.8. The van der Waals surface area contributed by atoms with Gasteiger partial charge in [0.25, 0.3) is 0 Å². The van der Waals surface area contributed by atoms with E-state index in [1.54, 1.807) is 38.1 Å². The number of aliphatic carboxylic acids is 1. The number of carboxylic acids is 1. The van der Waals surface area contributed by atoms with Crippen molar-refractivity contribution in [2.45, 2.75) is 45.3 Å². The van der Waals surface area contributed by atoms with Crippen molar-refractivity contribution in [2.75, 3.05) is 6.61 Å². The van der Waals surface area contributed by atoms with Gasteiger partial charge in [-0.05, 0) is 48.7 Å². The van der Waals surface area contributed by atoms with E-state index in [2.05, 4.69) is 0 Å². The van der Waals surface area contributed by atoms with Crippen molar-refractivity contribution in [2.24, 2.45) is 0 Å². The lowest BCUT2D eigenvalue weighted by Crippen LogP contribution is -2.29. The van der Waals surface area contributed by atoms with Crippen LogP contribution in [0.2, 0.25) is 0 Å². The summed E-state index contributed by atoms with van der Waals surface area (Å²) in [5.74, 6) is -1.06. The number of nitrogens with one attached hydrogen (secondary N) is 1. The molecule has 30 heavy (non-hydrogen) atoms. The fourth-order valence-corrected chi connectivity index (χ4v) is 2.81. The number of rotatable bonds is 10. The molecule has 8 heteroatoms. The number of hydrogen-bond donors (Lipinski definition) is 2. The molecule has 0 amide bonds. The predicted molar refractivity (Wildman–Crippen MR) is 106 cm³/mol. The van der Waals surface area contributed by atoms with Crippen LogP contribution in [-0.2, 0) is 33.5 Å². The van der Waals surface area contributed by atoms with Gasteiger partial charge in [0.15, 0.2) is 6.10 Å². The molecular formula is C22H24F3NO4. The van der Waals surface area contributed by atoms with Crippen molar-refractivity contribution in [1.29, 1.82) is 5.41 Å². The molecule has 2 rings (SSSR count). The maximum absolute atomic E-state index is 12.8. The van der Waals surface area contributed by atoms with E-state index in [-0.39, 0.29) is 31.5 Å². The van der Waals surface area contributed by atoms with E-state index in [1.165, 1.54) is 12.1 Å². The monoisotopic (exact) mass is 423 g/mol. The molecule has 0 heterocycles. The summed E-state index contributed by atoms with van der Waals surface area (Å²) in [4.78, 5) is 11.4.